The summed E-state index contributed by atoms with van der Waals surface area (Å²) in [5, 5.41) is 11.6. The molecule has 2 aromatic rings. The van der Waals surface area contributed by atoms with Crippen LogP contribution in [0.3, 0.4) is 0 Å². The number of para-hydroxylation sites is 1. The van der Waals surface area contributed by atoms with Gasteiger partial charge >= 0.3 is 0 Å². The van der Waals surface area contributed by atoms with Gasteiger partial charge in [-0.15, -0.1) is 5.10 Å². The normalized spacial score (nSPS) is 11.4. The first-order valence-corrected chi connectivity index (χ1v) is 6.75. The summed E-state index contributed by atoms with van der Waals surface area (Å²) in [5.74, 6) is -0.184. The van der Waals surface area contributed by atoms with Crippen LogP contribution in [0.2, 0.25) is 0 Å². The summed E-state index contributed by atoms with van der Waals surface area (Å²) in [6, 6.07) is 9.55. The zero-order chi connectivity index (χ0) is 14.8. The zero-order valence-corrected chi connectivity index (χ0v) is 12.3. The van der Waals surface area contributed by atoms with Crippen molar-refractivity contribution in [2.45, 2.75) is 39.7 Å². The molecule has 0 fully saturated rings. The maximum Gasteiger partial charge on any atom is 0.274 e. The van der Waals surface area contributed by atoms with E-state index in [0.29, 0.717) is 11.4 Å². The predicted molar refractivity (Wildman–Crippen MR) is 77.9 cm³/mol. The zero-order valence-electron chi connectivity index (χ0n) is 12.3. The number of hydrogen-bond acceptors (Lipinski definition) is 3. The molecule has 106 valence electrons. The largest absolute Gasteiger partial charge is 0.346 e. The van der Waals surface area contributed by atoms with E-state index in [4.69, 9.17) is 0 Å². The Balaban J connectivity index is 2.26. The van der Waals surface area contributed by atoms with Gasteiger partial charge in [0.15, 0.2) is 5.69 Å². The lowest BCUT2D eigenvalue weighted by molar-refractivity contribution is 0.0905. The molecule has 5 heteroatoms. The molecule has 1 N–H and O–H groups in total. The van der Waals surface area contributed by atoms with Gasteiger partial charge < -0.3 is 5.32 Å². The number of hydrogen-bond donors (Lipinski definition) is 1. The van der Waals surface area contributed by atoms with Crippen LogP contribution < -0.4 is 5.32 Å². The smallest absolute Gasteiger partial charge is 0.274 e. The highest BCUT2D eigenvalue weighted by atomic mass is 16.2. The van der Waals surface area contributed by atoms with Gasteiger partial charge in [-0.05, 0) is 39.3 Å². The molecule has 1 aromatic heterocycles. The molecular weight excluding hydrogens is 252 g/mol. The van der Waals surface area contributed by atoms with Gasteiger partial charge in [0.1, 0.15) is 0 Å². The van der Waals surface area contributed by atoms with Gasteiger partial charge in [-0.1, -0.05) is 25.1 Å². The topological polar surface area (TPSA) is 59.8 Å². The summed E-state index contributed by atoms with van der Waals surface area (Å²) in [6.45, 7) is 7.80. The van der Waals surface area contributed by atoms with E-state index < -0.39 is 0 Å². The van der Waals surface area contributed by atoms with Crippen LogP contribution in [0.4, 0.5) is 0 Å². The number of nitrogens with one attached hydrogen (secondary N) is 1. The molecule has 0 saturated carbocycles. The molecule has 0 aliphatic rings. The molecular formula is C15H20N4O. The average Bonchev–Trinajstić information content (AvgIpc) is 2.81. The number of aromatic nitrogens is 3. The molecule has 0 radical (unpaired) electrons. The Hall–Kier alpha value is -2.17. The van der Waals surface area contributed by atoms with Gasteiger partial charge in [-0.25, -0.2) is 0 Å². The van der Waals surface area contributed by atoms with Crippen molar-refractivity contribution in [3.05, 3.63) is 41.7 Å². The third-order valence-corrected chi connectivity index (χ3v) is 3.32. The third-order valence-electron chi connectivity index (χ3n) is 3.32. The first kappa shape index (κ1) is 14.2. The molecule has 5 nitrogen and oxygen atoms in total. The summed E-state index contributed by atoms with van der Waals surface area (Å²) in [5.41, 5.74) is 1.58. The van der Waals surface area contributed by atoms with Crippen molar-refractivity contribution in [1.29, 1.82) is 0 Å². The fraction of sp³-hybridized carbons (Fsp3) is 0.400. The van der Waals surface area contributed by atoms with Crippen molar-refractivity contribution < 1.29 is 4.79 Å². The van der Waals surface area contributed by atoms with Crippen LogP contribution >= 0.6 is 0 Å². The lowest BCUT2D eigenvalue weighted by atomic mass is 10.0. The lowest BCUT2D eigenvalue weighted by Crippen LogP contribution is -2.43. The second-order valence-corrected chi connectivity index (χ2v) is 5.45. The van der Waals surface area contributed by atoms with Gasteiger partial charge in [0.05, 0.1) is 11.4 Å². The van der Waals surface area contributed by atoms with E-state index in [1.807, 2.05) is 51.1 Å². The molecule has 1 aromatic carbocycles. The second kappa shape index (κ2) is 5.45. The maximum atomic E-state index is 12.3. The minimum Gasteiger partial charge on any atom is -0.346 e. The van der Waals surface area contributed by atoms with Crippen molar-refractivity contribution in [2.24, 2.45) is 0 Å². The third kappa shape index (κ3) is 3.04. The van der Waals surface area contributed by atoms with Gasteiger partial charge in [-0.2, -0.15) is 9.90 Å². The van der Waals surface area contributed by atoms with E-state index in [2.05, 4.69) is 15.5 Å². The molecule has 0 unspecified atom stereocenters. The molecule has 20 heavy (non-hydrogen) atoms. The van der Waals surface area contributed by atoms with Crippen LogP contribution in [0.15, 0.2) is 30.3 Å². The molecule has 1 heterocycles. The lowest BCUT2D eigenvalue weighted by Gasteiger charge is -2.23. The van der Waals surface area contributed by atoms with Crippen LogP contribution in [0.1, 0.15) is 43.4 Å². The number of benzene rings is 1. The monoisotopic (exact) mass is 272 g/mol. The number of aryl methyl sites for hydroxylation is 1. The first-order valence-electron chi connectivity index (χ1n) is 6.75. The number of carbonyl (C=O) groups excluding carboxylic acids is 1. The van der Waals surface area contributed by atoms with Crippen LogP contribution in [-0.2, 0) is 0 Å². The number of amides is 1. The van der Waals surface area contributed by atoms with E-state index in [9.17, 15) is 4.79 Å². The highest BCUT2D eigenvalue weighted by molar-refractivity contribution is 5.93. The first-order chi connectivity index (χ1) is 9.43. The van der Waals surface area contributed by atoms with E-state index in [1.54, 1.807) is 6.92 Å². The highest BCUT2D eigenvalue weighted by Gasteiger charge is 2.23. The molecule has 0 aliphatic heterocycles. The molecule has 1 amide bonds. The van der Waals surface area contributed by atoms with E-state index in [-0.39, 0.29) is 11.4 Å². The van der Waals surface area contributed by atoms with E-state index in [0.717, 1.165) is 12.1 Å². The quantitative estimate of drug-likeness (QED) is 0.930. The molecule has 0 bridgehead atoms. The van der Waals surface area contributed by atoms with Crippen LogP contribution in [0, 0.1) is 6.92 Å². The Labute approximate surface area is 119 Å². The van der Waals surface area contributed by atoms with Gasteiger partial charge in [0, 0.05) is 5.54 Å². The molecule has 2 rings (SSSR count). The Morgan fingerprint density at radius 3 is 2.50 bits per heavy atom. The molecule has 0 saturated heterocycles. The highest BCUT2D eigenvalue weighted by Crippen LogP contribution is 2.11. The summed E-state index contributed by atoms with van der Waals surface area (Å²) in [4.78, 5) is 13.7. The second-order valence-electron chi connectivity index (χ2n) is 5.45. The van der Waals surface area contributed by atoms with Crippen molar-refractivity contribution in [2.75, 3.05) is 0 Å². The Kier molecular flexibility index (Phi) is 3.88. The fourth-order valence-electron chi connectivity index (χ4n) is 1.72. The number of rotatable bonds is 4. The maximum absolute atomic E-state index is 12.3. The number of carbonyl (C=O) groups is 1. The van der Waals surface area contributed by atoms with Crippen molar-refractivity contribution in [3.63, 3.8) is 0 Å². The van der Waals surface area contributed by atoms with Crippen molar-refractivity contribution in [1.82, 2.24) is 20.3 Å². The Morgan fingerprint density at radius 1 is 1.25 bits per heavy atom. The van der Waals surface area contributed by atoms with Crippen LogP contribution in [0.5, 0.6) is 0 Å². The standard InChI is InChI=1S/C15H20N4O/c1-5-15(3,4)16-14(20)13-11(2)17-19(18-13)12-9-7-6-8-10-12/h6-10H,5H2,1-4H3,(H,16,20). The predicted octanol–water partition coefficient (Wildman–Crippen LogP) is 2.49. The van der Waals surface area contributed by atoms with Crippen LogP contribution in [0.25, 0.3) is 5.69 Å². The number of nitrogens with zero attached hydrogens (tertiary/aromatic N) is 3. The minimum absolute atomic E-state index is 0.184. The summed E-state index contributed by atoms with van der Waals surface area (Å²) in [7, 11) is 0. The van der Waals surface area contributed by atoms with Gasteiger partial charge in [-0.3, -0.25) is 4.79 Å². The fourth-order valence-corrected chi connectivity index (χ4v) is 1.72. The van der Waals surface area contributed by atoms with E-state index >= 15 is 0 Å². The molecule has 0 atom stereocenters. The van der Waals surface area contributed by atoms with Gasteiger partial charge in [0.25, 0.3) is 5.91 Å². The molecule has 0 aliphatic carbocycles. The summed E-state index contributed by atoms with van der Waals surface area (Å²) >= 11 is 0. The average molecular weight is 272 g/mol. The summed E-state index contributed by atoms with van der Waals surface area (Å²) in [6.07, 6.45) is 0.852. The SMILES string of the molecule is CCC(C)(C)NC(=O)c1nn(-c2ccccc2)nc1C. The molecule has 0 spiro atoms. The Morgan fingerprint density at radius 2 is 1.90 bits per heavy atom. The minimum atomic E-state index is -0.250. The van der Waals surface area contributed by atoms with Crippen LogP contribution in [-0.4, -0.2) is 26.4 Å². The van der Waals surface area contributed by atoms with Gasteiger partial charge in [0.2, 0.25) is 0 Å². The van der Waals surface area contributed by atoms with Crippen molar-refractivity contribution >= 4 is 5.91 Å². The summed E-state index contributed by atoms with van der Waals surface area (Å²) < 4.78 is 0. The van der Waals surface area contributed by atoms with Crippen molar-refractivity contribution in [3.8, 4) is 5.69 Å². The van der Waals surface area contributed by atoms with E-state index in [1.165, 1.54) is 4.80 Å². The Bertz CT molecular complexity index is 602.